The van der Waals surface area contributed by atoms with Crippen LogP contribution in [-0.2, 0) is 11.2 Å². The second-order valence-electron chi connectivity index (χ2n) is 5.10. The highest BCUT2D eigenvalue weighted by atomic mass is 19.1. The molecule has 3 heteroatoms. The van der Waals surface area contributed by atoms with E-state index in [1.54, 1.807) is 12.1 Å². The van der Waals surface area contributed by atoms with Crippen LogP contribution in [0.3, 0.4) is 0 Å². The molecule has 1 aliphatic rings. The Bertz CT molecular complexity index is 361. The molecule has 1 heterocycles. The van der Waals surface area contributed by atoms with Crippen LogP contribution < -0.4 is 0 Å². The summed E-state index contributed by atoms with van der Waals surface area (Å²) < 4.78 is 18.6. The third-order valence-corrected chi connectivity index (χ3v) is 3.59. The molecule has 1 fully saturated rings. The van der Waals surface area contributed by atoms with Crippen LogP contribution in [0.1, 0.15) is 31.2 Å². The topological polar surface area (TPSA) is 29.5 Å². The average Bonchev–Trinajstić information content (AvgIpc) is 2.87. The van der Waals surface area contributed by atoms with Crippen molar-refractivity contribution in [3.63, 3.8) is 0 Å². The Morgan fingerprint density at radius 3 is 3.00 bits per heavy atom. The van der Waals surface area contributed by atoms with Crippen LogP contribution in [-0.4, -0.2) is 24.4 Å². The van der Waals surface area contributed by atoms with Crippen molar-refractivity contribution in [2.45, 2.75) is 38.2 Å². The predicted octanol–water partition coefficient (Wildman–Crippen LogP) is 2.94. The highest BCUT2D eigenvalue weighted by molar-refractivity contribution is 5.16. The summed E-state index contributed by atoms with van der Waals surface area (Å²) in [5.74, 6) is -0.000633. The van der Waals surface area contributed by atoms with Crippen LogP contribution in [0.15, 0.2) is 24.3 Å². The number of aliphatic hydroxyl groups excluding tert-OH is 1. The Balaban J connectivity index is 1.81. The van der Waals surface area contributed by atoms with E-state index in [4.69, 9.17) is 4.74 Å². The zero-order chi connectivity index (χ0) is 12.8. The van der Waals surface area contributed by atoms with Crippen molar-refractivity contribution in [1.29, 1.82) is 0 Å². The van der Waals surface area contributed by atoms with Gasteiger partial charge in [0, 0.05) is 13.2 Å². The van der Waals surface area contributed by atoms with E-state index in [1.165, 1.54) is 6.07 Å². The van der Waals surface area contributed by atoms with E-state index >= 15 is 0 Å². The number of rotatable bonds is 6. The maximum atomic E-state index is 13.1. The summed E-state index contributed by atoms with van der Waals surface area (Å²) in [6.45, 7) is 1.03. The molecule has 0 amide bonds. The Morgan fingerprint density at radius 1 is 1.44 bits per heavy atom. The zero-order valence-electron chi connectivity index (χ0n) is 10.6. The third kappa shape index (κ3) is 4.07. The fourth-order valence-electron chi connectivity index (χ4n) is 2.55. The number of hydrogen-bond acceptors (Lipinski definition) is 2. The van der Waals surface area contributed by atoms with Crippen molar-refractivity contribution < 1.29 is 14.2 Å². The van der Waals surface area contributed by atoms with Crippen molar-refractivity contribution in [3.8, 4) is 0 Å². The number of ether oxygens (including phenoxy) is 1. The number of halogens is 1. The molecule has 0 aromatic heterocycles. The van der Waals surface area contributed by atoms with Gasteiger partial charge in [0.2, 0.25) is 0 Å². The summed E-state index contributed by atoms with van der Waals surface area (Å²) in [4.78, 5) is 0. The van der Waals surface area contributed by atoms with Gasteiger partial charge in [-0.05, 0) is 55.7 Å². The van der Waals surface area contributed by atoms with E-state index in [9.17, 15) is 9.50 Å². The molecule has 1 N–H and O–H groups in total. The molecule has 2 nitrogen and oxygen atoms in total. The van der Waals surface area contributed by atoms with Crippen molar-refractivity contribution in [2.75, 3.05) is 13.2 Å². The highest BCUT2D eigenvalue weighted by Crippen LogP contribution is 2.21. The Labute approximate surface area is 108 Å². The molecule has 0 spiro atoms. The summed E-state index contributed by atoms with van der Waals surface area (Å²) in [6.07, 6.45) is 5.34. The number of benzene rings is 1. The second kappa shape index (κ2) is 6.86. The molecular weight excluding hydrogens is 231 g/mol. The van der Waals surface area contributed by atoms with E-state index in [0.717, 1.165) is 44.3 Å². The lowest BCUT2D eigenvalue weighted by atomic mass is 9.93. The lowest BCUT2D eigenvalue weighted by molar-refractivity contribution is 0.0932. The standard InChI is InChI=1S/C15H21FO2/c16-14-4-1-3-12(10-14)9-13(11-17)6-7-15-5-2-8-18-15/h1,3-4,10,13,15,17H,2,5-9,11H2. The van der Waals surface area contributed by atoms with Crippen LogP contribution in [0.25, 0.3) is 0 Å². The van der Waals surface area contributed by atoms with E-state index in [-0.39, 0.29) is 18.3 Å². The molecule has 100 valence electrons. The van der Waals surface area contributed by atoms with Gasteiger partial charge in [0.1, 0.15) is 5.82 Å². The zero-order valence-corrected chi connectivity index (χ0v) is 10.6. The molecule has 2 unspecified atom stereocenters. The van der Waals surface area contributed by atoms with Gasteiger partial charge in [-0.2, -0.15) is 0 Å². The largest absolute Gasteiger partial charge is 0.396 e. The molecule has 0 radical (unpaired) electrons. The minimum atomic E-state index is -0.205. The van der Waals surface area contributed by atoms with Gasteiger partial charge in [-0.25, -0.2) is 4.39 Å². The molecule has 0 saturated carbocycles. The lowest BCUT2D eigenvalue weighted by Crippen LogP contribution is -2.14. The first-order chi connectivity index (χ1) is 8.78. The van der Waals surface area contributed by atoms with Crippen LogP contribution in [0, 0.1) is 11.7 Å². The molecule has 2 atom stereocenters. The maximum Gasteiger partial charge on any atom is 0.123 e. The third-order valence-electron chi connectivity index (χ3n) is 3.59. The lowest BCUT2D eigenvalue weighted by Gasteiger charge is -2.16. The molecule has 1 aliphatic heterocycles. The molecule has 1 aromatic rings. The monoisotopic (exact) mass is 252 g/mol. The van der Waals surface area contributed by atoms with Crippen LogP contribution >= 0.6 is 0 Å². The van der Waals surface area contributed by atoms with Gasteiger partial charge in [0.25, 0.3) is 0 Å². The van der Waals surface area contributed by atoms with E-state index in [0.29, 0.717) is 6.10 Å². The molecule has 1 aromatic carbocycles. The van der Waals surface area contributed by atoms with E-state index in [1.807, 2.05) is 6.07 Å². The summed E-state index contributed by atoms with van der Waals surface area (Å²) in [7, 11) is 0. The molecule has 0 aliphatic carbocycles. The Morgan fingerprint density at radius 2 is 2.33 bits per heavy atom. The molecule has 0 bridgehead atoms. The molecule has 1 saturated heterocycles. The molecular formula is C15H21FO2. The van der Waals surface area contributed by atoms with Crippen molar-refractivity contribution in [2.24, 2.45) is 5.92 Å². The first-order valence-corrected chi connectivity index (χ1v) is 6.75. The fraction of sp³-hybridized carbons (Fsp3) is 0.600. The van der Waals surface area contributed by atoms with Gasteiger partial charge in [-0.3, -0.25) is 0 Å². The fourth-order valence-corrected chi connectivity index (χ4v) is 2.55. The van der Waals surface area contributed by atoms with Crippen molar-refractivity contribution >= 4 is 0 Å². The number of hydrogen-bond donors (Lipinski definition) is 1. The van der Waals surface area contributed by atoms with Crippen LogP contribution in [0.5, 0.6) is 0 Å². The molecule has 2 rings (SSSR count). The van der Waals surface area contributed by atoms with Gasteiger partial charge in [0.15, 0.2) is 0 Å². The minimum Gasteiger partial charge on any atom is -0.396 e. The second-order valence-corrected chi connectivity index (χ2v) is 5.10. The first-order valence-electron chi connectivity index (χ1n) is 6.75. The summed E-state index contributed by atoms with van der Waals surface area (Å²) in [5.41, 5.74) is 0.960. The first kappa shape index (κ1) is 13.5. The Kier molecular flexibility index (Phi) is 5.14. The van der Waals surface area contributed by atoms with Gasteiger partial charge in [0.05, 0.1) is 6.10 Å². The maximum absolute atomic E-state index is 13.1. The quantitative estimate of drug-likeness (QED) is 0.843. The van der Waals surface area contributed by atoms with E-state index < -0.39 is 0 Å². The predicted molar refractivity (Wildman–Crippen MR) is 68.9 cm³/mol. The normalized spacial score (nSPS) is 21.1. The Hall–Kier alpha value is -0.930. The van der Waals surface area contributed by atoms with Gasteiger partial charge < -0.3 is 9.84 Å². The highest BCUT2D eigenvalue weighted by Gasteiger charge is 2.18. The number of aliphatic hydroxyl groups is 1. The van der Waals surface area contributed by atoms with Crippen molar-refractivity contribution in [3.05, 3.63) is 35.6 Å². The SMILES string of the molecule is OCC(CCC1CCCO1)Cc1cccc(F)c1. The van der Waals surface area contributed by atoms with Gasteiger partial charge in [-0.1, -0.05) is 12.1 Å². The van der Waals surface area contributed by atoms with E-state index in [2.05, 4.69) is 0 Å². The summed E-state index contributed by atoms with van der Waals surface area (Å²) in [6, 6.07) is 6.63. The minimum absolute atomic E-state index is 0.156. The summed E-state index contributed by atoms with van der Waals surface area (Å²) in [5, 5.41) is 9.40. The van der Waals surface area contributed by atoms with Gasteiger partial charge >= 0.3 is 0 Å². The van der Waals surface area contributed by atoms with Crippen LogP contribution in [0.2, 0.25) is 0 Å². The molecule has 18 heavy (non-hydrogen) atoms. The summed E-state index contributed by atoms with van der Waals surface area (Å²) >= 11 is 0. The smallest absolute Gasteiger partial charge is 0.123 e. The van der Waals surface area contributed by atoms with Gasteiger partial charge in [-0.15, -0.1) is 0 Å². The average molecular weight is 252 g/mol. The van der Waals surface area contributed by atoms with Crippen molar-refractivity contribution in [1.82, 2.24) is 0 Å². The van der Waals surface area contributed by atoms with Crippen LogP contribution in [0.4, 0.5) is 4.39 Å².